The van der Waals surface area contributed by atoms with Crippen LogP contribution >= 0.6 is 11.3 Å². The second-order valence-corrected chi connectivity index (χ2v) is 7.38. The van der Waals surface area contributed by atoms with Crippen molar-refractivity contribution in [3.05, 3.63) is 57.9 Å². The Labute approximate surface area is 156 Å². The van der Waals surface area contributed by atoms with Crippen molar-refractivity contribution in [3.63, 3.8) is 0 Å². The van der Waals surface area contributed by atoms with Crippen molar-refractivity contribution in [2.24, 2.45) is 0 Å². The predicted octanol–water partition coefficient (Wildman–Crippen LogP) is 4.40. The molecule has 0 radical (unpaired) electrons. The molecule has 9 heteroatoms. The van der Waals surface area contributed by atoms with Crippen molar-refractivity contribution < 1.29 is 18.0 Å². The summed E-state index contributed by atoms with van der Waals surface area (Å²) in [6, 6.07) is 4.84. The quantitative estimate of drug-likeness (QED) is 0.719. The zero-order valence-corrected chi connectivity index (χ0v) is 15.1. The van der Waals surface area contributed by atoms with Crippen LogP contribution < -0.4 is 5.32 Å². The van der Waals surface area contributed by atoms with E-state index in [4.69, 9.17) is 0 Å². The largest absolute Gasteiger partial charge is 0.416 e. The second-order valence-electron chi connectivity index (χ2n) is 6.30. The maximum absolute atomic E-state index is 12.9. The Morgan fingerprint density at radius 1 is 1.30 bits per heavy atom. The average Bonchev–Trinajstić information content (AvgIpc) is 3.28. The van der Waals surface area contributed by atoms with Crippen molar-refractivity contribution in [1.82, 2.24) is 14.8 Å². The van der Waals surface area contributed by atoms with E-state index in [1.54, 1.807) is 6.92 Å². The number of hydrogen-bond acceptors (Lipinski definition) is 4. The smallest absolute Gasteiger partial charge is 0.298 e. The Morgan fingerprint density at radius 3 is 2.85 bits per heavy atom. The molecule has 1 aliphatic rings. The van der Waals surface area contributed by atoms with Crippen LogP contribution in [0.1, 0.15) is 38.6 Å². The molecular weight excluding hydrogens is 377 g/mol. The summed E-state index contributed by atoms with van der Waals surface area (Å²) in [4.78, 5) is 18.2. The van der Waals surface area contributed by atoms with Gasteiger partial charge in [-0.15, -0.1) is 11.3 Å². The fourth-order valence-electron chi connectivity index (χ4n) is 3.12. The molecule has 0 saturated heterocycles. The number of halogens is 3. The van der Waals surface area contributed by atoms with Gasteiger partial charge in [0.15, 0.2) is 5.13 Å². The molecule has 1 aliphatic carbocycles. The van der Waals surface area contributed by atoms with Crippen LogP contribution in [0.5, 0.6) is 0 Å². The molecule has 1 N–H and O–H groups in total. The van der Waals surface area contributed by atoms with E-state index in [1.165, 1.54) is 39.2 Å². The molecule has 5 nitrogen and oxygen atoms in total. The van der Waals surface area contributed by atoms with Gasteiger partial charge in [0.1, 0.15) is 0 Å². The first-order chi connectivity index (χ1) is 12.8. The molecule has 0 aliphatic heterocycles. The molecule has 27 heavy (non-hydrogen) atoms. The van der Waals surface area contributed by atoms with Crippen LogP contribution in [0.15, 0.2) is 30.5 Å². The number of aromatic nitrogens is 3. The van der Waals surface area contributed by atoms with Crippen LogP contribution in [-0.2, 0) is 19.0 Å². The molecule has 0 atom stereocenters. The van der Waals surface area contributed by atoms with Crippen LogP contribution in [0, 0.1) is 6.92 Å². The summed E-state index contributed by atoms with van der Waals surface area (Å²) in [5.74, 6) is -0.377. The van der Waals surface area contributed by atoms with Crippen molar-refractivity contribution in [3.8, 4) is 5.69 Å². The number of thiazole rings is 1. The van der Waals surface area contributed by atoms with Crippen LogP contribution in [-0.4, -0.2) is 20.7 Å². The van der Waals surface area contributed by atoms with E-state index in [-0.39, 0.29) is 11.6 Å². The first-order valence-electron chi connectivity index (χ1n) is 8.35. The van der Waals surface area contributed by atoms with Gasteiger partial charge in [-0.3, -0.25) is 10.1 Å². The third-order valence-electron chi connectivity index (χ3n) is 4.49. The number of alkyl halides is 3. The summed E-state index contributed by atoms with van der Waals surface area (Å²) in [6.45, 7) is 1.64. The number of carbonyl (C=O) groups is 1. The predicted molar refractivity (Wildman–Crippen MR) is 95.4 cm³/mol. The lowest BCUT2D eigenvalue weighted by Crippen LogP contribution is -2.13. The van der Waals surface area contributed by atoms with E-state index >= 15 is 0 Å². The Bertz CT molecular complexity index is 1000. The van der Waals surface area contributed by atoms with Crippen molar-refractivity contribution >= 4 is 22.4 Å². The second kappa shape index (κ2) is 6.49. The van der Waals surface area contributed by atoms with Crippen molar-refractivity contribution in [2.45, 2.75) is 32.4 Å². The fourth-order valence-corrected chi connectivity index (χ4v) is 4.16. The van der Waals surface area contributed by atoms with E-state index in [1.807, 2.05) is 0 Å². The molecular formula is C18H15F3N4OS. The highest BCUT2D eigenvalue weighted by Crippen LogP contribution is 2.32. The van der Waals surface area contributed by atoms with Crippen molar-refractivity contribution in [2.75, 3.05) is 5.32 Å². The summed E-state index contributed by atoms with van der Waals surface area (Å²) in [6.07, 6.45) is -0.0937. The molecule has 0 bridgehead atoms. The number of rotatable bonds is 3. The standard InChI is InChI=1S/C18H15F3N4OS/c1-10-13(16(26)24-17-23-14-6-3-7-15(14)27-17)9-22-25(10)12-5-2-4-11(8-12)18(19,20)21/h2,4-5,8-9H,3,6-7H2,1H3,(H,23,24,26). The van der Waals surface area contributed by atoms with Gasteiger partial charge in [0.2, 0.25) is 0 Å². The normalized spacial score (nSPS) is 13.6. The Kier molecular flexibility index (Phi) is 4.26. The van der Waals surface area contributed by atoms with E-state index in [9.17, 15) is 18.0 Å². The highest BCUT2D eigenvalue weighted by molar-refractivity contribution is 7.16. The van der Waals surface area contributed by atoms with Crippen LogP contribution in [0.4, 0.5) is 18.3 Å². The topological polar surface area (TPSA) is 59.8 Å². The van der Waals surface area contributed by atoms with Gasteiger partial charge in [0.25, 0.3) is 5.91 Å². The number of amides is 1. The summed E-state index contributed by atoms with van der Waals surface area (Å²) in [7, 11) is 0. The molecule has 0 saturated carbocycles. The minimum atomic E-state index is -4.44. The number of benzene rings is 1. The number of fused-ring (bicyclic) bond motifs is 1. The number of carbonyl (C=O) groups excluding carboxylic acids is 1. The highest BCUT2D eigenvalue weighted by atomic mass is 32.1. The first-order valence-corrected chi connectivity index (χ1v) is 9.17. The maximum atomic E-state index is 12.9. The Balaban J connectivity index is 1.59. The number of hydrogen-bond donors (Lipinski definition) is 1. The van der Waals surface area contributed by atoms with E-state index in [0.29, 0.717) is 16.4 Å². The summed E-state index contributed by atoms with van der Waals surface area (Å²) in [5, 5.41) is 7.40. The summed E-state index contributed by atoms with van der Waals surface area (Å²) >= 11 is 1.46. The van der Waals surface area contributed by atoms with E-state index in [0.717, 1.165) is 37.1 Å². The zero-order valence-electron chi connectivity index (χ0n) is 14.3. The van der Waals surface area contributed by atoms with Gasteiger partial charge in [0.05, 0.1) is 34.4 Å². The van der Waals surface area contributed by atoms with E-state index in [2.05, 4.69) is 15.4 Å². The van der Waals surface area contributed by atoms with Gasteiger partial charge < -0.3 is 0 Å². The van der Waals surface area contributed by atoms with Crippen LogP contribution in [0.25, 0.3) is 5.69 Å². The Morgan fingerprint density at radius 2 is 2.11 bits per heavy atom. The molecule has 0 spiro atoms. The molecule has 2 aromatic heterocycles. The third kappa shape index (κ3) is 3.34. The molecule has 1 aromatic carbocycles. The van der Waals surface area contributed by atoms with Crippen LogP contribution in [0.3, 0.4) is 0 Å². The van der Waals surface area contributed by atoms with Gasteiger partial charge in [-0.2, -0.15) is 18.3 Å². The first kappa shape index (κ1) is 17.7. The molecule has 0 fully saturated rings. The number of nitrogens with zero attached hydrogens (tertiary/aromatic N) is 3. The number of aryl methyl sites for hydroxylation is 2. The number of nitrogens with one attached hydrogen (secondary N) is 1. The average molecular weight is 392 g/mol. The molecule has 2 heterocycles. The molecule has 140 valence electrons. The minimum absolute atomic E-state index is 0.245. The lowest BCUT2D eigenvalue weighted by atomic mass is 10.2. The van der Waals surface area contributed by atoms with Gasteiger partial charge >= 0.3 is 6.18 Å². The SMILES string of the molecule is Cc1c(C(=O)Nc2nc3c(s2)CCC3)cnn1-c1cccc(C(F)(F)F)c1. The lowest BCUT2D eigenvalue weighted by molar-refractivity contribution is -0.137. The van der Waals surface area contributed by atoms with Crippen molar-refractivity contribution in [1.29, 1.82) is 0 Å². The third-order valence-corrected chi connectivity index (χ3v) is 5.56. The van der Waals surface area contributed by atoms with Crippen LogP contribution in [0.2, 0.25) is 0 Å². The minimum Gasteiger partial charge on any atom is -0.298 e. The molecule has 1 amide bonds. The molecule has 4 rings (SSSR count). The van der Waals surface area contributed by atoms with Gasteiger partial charge in [-0.1, -0.05) is 6.07 Å². The summed E-state index contributed by atoms with van der Waals surface area (Å²) < 4.78 is 40.1. The number of anilines is 1. The van der Waals surface area contributed by atoms with Gasteiger partial charge in [-0.25, -0.2) is 9.67 Å². The zero-order chi connectivity index (χ0) is 19.2. The van der Waals surface area contributed by atoms with Gasteiger partial charge in [0, 0.05) is 4.88 Å². The summed E-state index contributed by atoms with van der Waals surface area (Å²) in [5.41, 5.74) is 1.26. The molecule has 0 unspecified atom stereocenters. The highest BCUT2D eigenvalue weighted by Gasteiger charge is 2.31. The van der Waals surface area contributed by atoms with Gasteiger partial charge in [-0.05, 0) is 44.4 Å². The monoisotopic (exact) mass is 392 g/mol. The molecule has 3 aromatic rings. The fraction of sp³-hybridized carbons (Fsp3) is 0.278. The Hall–Kier alpha value is -2.68. The van der Waals surface area contributed by atoms with E-state index < -0.39 is 11.7 Å². The lowest BCUT2D eigenvalue weighted by Gasteiger charge is -2.10. The maximum Gasteiger partial charge on any atom is 0.416 e.